The van der Waals surface area contributed by atoms with Crippen molar-refractivity contribution in [1.29, 1.82) is 0 Å². The number of carboxylic acids is 1. The van der Waals surface area contributed by atoms with E-state index in [1.54, 1.807) is 11.9 Å². The Balaban J connectivity index is 2.50. The summed E-state index contributed by atoms with van der Waals surface area (Å²) in [7, 11) is 1.69. The maximum atomic E-state index is 11.9. The molecule has 104 valence electrons. The number of nitrogens with one attached hydrogen (secondary N) is 1. The Bertz CT molecular complexity index is 420. The van der Waals surface area contributed by atoms with E-state index in [2.05, 4.69) is 5.32 Å². The van der Waals surface area contributed by atoms with Crippen molar-refractivity contribution in [2.75, 3.05) is 7.05 Å². The molecule has 1 aromatic rings. The van der Waals surface area contributed by atoms with Gasteiger partial charge in [0, 0.05) is 19.6 Å². The number of urea groups is 1. The fraction of sp³-hybridized carbons (Fsp3) is 0.429. The first-order chi connectivity index (χ1) is 9.02. The quantitative estimate of drug-likeness (QED) is 0.826. The summed E-state index contributed by atoms with van der Waals surface area (Å²) in [5.41, 5.74) is 1.03. The second-order valence-electron chi connectivity index (χ2n) is 4.49. The molecule has 0 spiro atoms. The van der Waals surface area contributed by atoms with Crippen molar-refractivity contribution in [2.24, 2.45) is 0 Å². The van der Waals surface area contributed by atoms with Gasteiger partial charge >= 0.3 is 12.0 Å². The molecule has 2 amide bonds. The number of carbonyl (C=O) groups is 2. The van der Waals surface area contributed by atoms with Gasteiger partial charge in [-0.15, -0.1) is 0 Å². The topological polar surface area (TPSA) is 69.6 Å². The zero-order valence-corrected chi connectivity index (χ0v) is 11.3. The van der Waals surface area contributed by atoms with E-state index in [4.69, 9.17) is 5.11 Å². The Hall–Kier alpha value is -2.04. The molecule has 1 atom stereocenters. The Labute approximate surface area is 113 Å². The van der Waals surface area contributed by atoms with Crippen LogP contribution in [0.5, 0.6) is 0 Å². The van der Waals surface area contributed by atoms with Crippen LogP contribution < -0.4 is 5.32 Å². The molecule has 0 fully saturated rings. The second kappa shape index (κ2) is 7.41. The summed E-state index contributed by atoms with van der Waals surface area (Å²) in [5, 5.41) is 11.5. The standard InChI is InChI=1S/C14H20N2O3/c1-3-12(9-13(17)18)15-14(19)16(2)10-11-7-5-4-6-8-11/h4-8,12H,3,9-10H2,1-2H3,(H,15,19)(H,17,18). The van der Waals surface area contributed by atoms with Gasteiger partial charge < -0.3 is 15.3 Å². The summed E-state index contributed by atoms with van der Waals surface area (Å²) in [6.07, 6.45) is 0.540. The molecule has 0 bridgehead atoms. The normalized spacial score (nSPS) is 11.7. The Morgan fingerprint density at radius 3 is 2.47 bits per heavy atom. The minimum Gasteiger partial charge on any atom is -0.481 e. The lowest BCUT2D eigenvalue weighted by atomic mass is 10.1. The van der Waals surface area contributed by atoms with Gasteiger partial charge in [-0.2, -0.15) is 0 Å². The summed E-state index contributed by atoms with van der Waals surface area (Å²) in [6.45, 7) is 2.35. The van der Waals surface area contributed by atoms with E-state index in [1.165, 1.54) is 0 Å². The van der Waals surface area contributed by atoms with Crippen molar-refractivity contribution in [1.82, 2.24) is 10.2 Å². The molecule has 19 heavy (non-hydrogen) atoms. The van der Waals surface area contributed by atoms with Crippen LogP contribution in [-0.4, -0.2) is 35.1 Å². The summed E-state index contributed by atoms with van der Waals surface area (Å²) >= 11 is 0. The van der Waals surface area contributed by atoms with Gasteiger partial charge in [0.05, 0.1) is 6.42 Å². The maximum Gasteiger partial charge on any atom is 0.317 e. The van der Waals surface area contributed by atoms with E-state index in [1.807, 2.05) is 37.3 Å². The molecular formula is C14H20N2O3. The molecule has 0 saturated carbocycles. The van der Waals surface area contributed by atoms with Crippen molar-refractivity contribution in [2.45, 2.75) is 32.4 Å². The third-order valence-corrected chi connectivity index (χ3v) is 2.85. The van der Waals surface area contributed by atoms with Gasteiger partial charge in [-0.25, -0.2) is 4.79 Å². The monoisotopic (exact) mass is 264 g/mol. The molecule has 0 saturated heterocycles. The van der Waals surface area contributed by atoms with Crippen LogP contribution in [-0.2, 0) is 11.3 Å². The molecule has 1 unspecified atom stereocenters. The van der Waals surface area contributed by atoms with Gasteiger partial charge in [-0.05, 0) is 12.0 Å². The Morgan fingerprint density at radius 1 is 1.32 bits per heavy atom. The van der Waals surface area contributed by atoms with Crippen LogP contribution in [0.15, 0.2) is 30.3 Å². The highest BCUT2D eigenvalue weighted by Gasteiger charge is 2.16. The fourth-order valence-electron chi connectivity index (χ4n) is 1.72. The van der Waals surface area contributed by atoms with Crippen molar-refractivity contribution < 1.29 is 14.7 Å². The lowest BCUT2D eigenvalue weighted by Crippen LogP contribution is -2.43. The SMILES string of the molecule is CCC(CC(=O)O)NC(=O)N(C)Cc1ccccc1. The van der Waals surface area contributed by atoms with Crippen LogP contribution in [0.25, 0.3) is 0 Å². The van der Waals surface area contributed by atoms with Gasteiger partial charge in [0.1, 0.15) is 0 Å². The summed E-state index contributed by atoms with van der Waals surface area (Å²) in [4.78, 5) is 24.1. The van der Waals surface area contributed by atoms with Crippen LogP contribution in [0.3, 0.4) is 0 Å². The molecule has 0 heterocycles. The number of amides is 2. The molecule has 5 nitrogen and oxygen atoms in total. The zero-order valence-electron chi connectivity index (χ0n) is 11.3. The fourth-order valence-corrected chi connectivity index (χ4v) is 1.72. The largest absolute Gasteiger partial charge is 0.481 e. The summed E-state index contributed by atoms with van der Waals surface area (Å²) in [6, 6.07) is 9.06. The molecule has 1 aromatic carbocycles. The average Bonchev–Trinajstić information content (AvgIpc) is 2.38. The molecular weight excluding hydrogens is 244 g/mol. The third kappa shape index (κ3) is 5.42. The van der Waals surface area contributed by atoms with Gasteiger partial charge in [0.15, 0.2) is 0 Å². The number of carboxylic acid groups (broad SMARTS) is 1. The molecule has 0 radical (unpaired) electrons. The highest BCUT2D eigenvalue weighted by atomic mass is 16.4. The van der Waals surface area contributed by atoms with Crippen molar-refractivity contribution >= 4 is 12.0 Å². The van der Waals surface area contributed by atoms with Crippen LogP contribution in [0, 0.1) is 0 Å². The van der Waals surface area contributed by atoms with Gasteiger partial charge in [0.2, 0.25) is 0 Å². The first-order valence-corrected chi connectivity index (χ1v) is 6.30. The minimum absolute atomic E-state index is 0.0541. The molecule has 0 aliphatic carbocycles. The number of aliphatic carboxylic acids is 1. The Morgan fingerprint density at radius 2 is 1.95 bits per heavy atom. The van der Waals surface area contributed by atoms with E-state index < -0.39 is 5.97 Å². The average molecular weight is 264 g/mol. The number of benzene rings is 1. The number of carbonyl (C=O) groups excluding carboxylic acids is 1. The third-order valence-electron chi connectivity index (χ3n) is 2.85. The van der Waals surface area contributed by atoms with E-state index in [0.717, 1.165) is 5.56 Å². The van der Waals surface area contributed by atoms with E-state index in [9.17, 15) is 9.59 Å². The van der Waals surface area contributed by atoms with Gasteiger partial charge in [0.25, 0.3) is 0 Å². The van der Waals surface area contributed by atoms with Crippen molar-refractivity contribution in [3.63, 3.8) is 0 Å². The summed E-state index contributed by atoms with van der Waals surface area (Å²) < 4.78 is 0. The minimum atomic E-state index is -0.905. The number of nitrogens with zero attached hydrogens (tertiary/aromatic N) is 1. The molecule has 2 N–H and O–H groups in total. The molecule has 0 aliphatic rings. The number of hydrogen-bond acceptors (Lipinski definition) is 2. The van der Waals surface area contributed by atoms with Gasteiger partial charge in [-0.1, -0.05) is 37.3 Å². The predicted octanol–water partition coefficient (Wildman–Crippen LogP) is 2.08. The van der Waals surface area contributed by atoms with Crippen molar-refractivity contribution in [3.05, 3.63) is 35.9 Å². The first-order valence-electron chi connectivity index (χ1n) is 6.30. The molecule has 5 heteroatoms. The molecule has 1 rings (SSSR count). The zero-order chi connectivity index (χ0) is 14.3. The number of hydrogen-bond donors (Lipinski definition) is 2. The van der Waals surface area contributed by atoms with Gasteiger partial charge in [-0.3, -0.25) is 4.79 Å². The van der Waals surface area contributed by atoms with Crippen LogP contribution in [0.1, 0.15) is 25.3 Å². The Kier molecular flexibility index (Phi) is 5.85. The predicted molar refractivity (Wildman–Crippen MR) is 72.8 cm³/mol. The first kappa shape index (κ1) is 15.0. The lowest BCUT2D eigenvalue weighted by molar-refractivity contribution is -0.137. The molecule has 0 aromatic heterocycles. The highest BCUT2D eigenvalue weighted by molar-refractivity contribution is 5.75. The summed E-state index contributed by atoms with van der Waals surface area (Å²) in [5.74, 6) is -0.905. The van der Waals surface area contributed by atoms with Crippen LogP contribution >= 0.6 is 0 Å². The van der Waals surface area contributed by atoms with E-state index >= 15 is 0 Å². The van der Waals surface area contributed by atoms with E-state index in [-0.39, 0.29) is 18.5 Å². The highest BCUT2D eigenvalue weighted by Crippen LogP contribution is 2.04. The van der Waals surface area contributed by atoms with Crippen LogP contribution in [0.4, 0.5) is 4.79 Å². The van der Waals surface area contributed by atoms with Crippen LogP contribution in [0.2, 0.25) is 0 Å². The second-order valence-corrected chi connectivity index (χ2v) is 4.49. The maximum absolute atomic E-state index is 11.9. The molecule has 0 aliphatic heterocycles. The van der Waals surface area contributed by atoms with E-state index in [0.29, 0.717) is 13.0 Å². The van der Waals surface area contributed by atoms with Crippen molar-refractivity contribution in [3.8, 4) is 0 Å². The smallest absolute Gasteiger partial charge is 0.317 e. The number of rotatable bonds is 6. The lowest BCUT2D eigenvalue weighted by Gasteiger charge is -2.22.